The molecule has 0 unspecified atom stereocenters. The van der Waals surface area contributed by atoms with E-state index in [0.29, 0.717) is 0 Å². The van der Waals surface area contributed by atoms with Crippen LogP contribution in [0.25, 0.3) is 0 Å². The van der Waals surface area contributed by atoms with Crippen molar-refractivity contribution in [3.05, 3.63) is 59.7 Å². The monoisotopic (exact) mass is 483 g/mol. The first kappa shape index (κ1) is 23.1. The van der Waals surface area contributed by atoms with Gasteiger partial charge in [-0.2, -0.15) is 0 Å². The first-order chi connectivity index (χ1) is 12.7. The lowest BCUT2D eigenvalue weighted by Gasteiger charge is -2.22. The minimum atomic E-state index is 0. The molecule has 2 aromatic rings. The number of rotatable bonds is 8. The Morgan fingerprint density at radius 2 is 1.70 bits per heavy atom. The molecule has 2 aromatic carbocycles. The molecule has 0 amide bonds. The number of ether oxygens (including phenoxy) is 2. The van der Waals surface area contributed by atoms with Gasteiger partial charge in [-0.15, -0.1) is 24.0 Å². The van der Waals surface area contributed by atoms with Crippen LogP contribution in [-0.2, 0) is 13.0 Å². The van der Waals surface area contributed by atoms with Gasteiger partial charge in [-0.1, -0.05) is 36.4 Å². The Labute approximate surface area is 179 Å². The van der Waals surface area contributed by atoms with Crippen LogP contribution in [-0.4, -0.2) is 45.7 Å². The molecule has 0 saturated heterocycles. The second-order valence-electron chi connectivity index (χ2n) is 6.11. The molecule has 0 aliphatic carbocycles. The molecule has 6 heteroatoms. The van der Waals surface area contributed by atoms with Crippen LogP contribution in [0.3, 0.4) is 0 Å². The lowest BCUT2D eigenvalue weighted by atomic mass is 10.1. The van der Waals surface area contributed by atoms with Crippen molar-refractivity contribution in [3.63, 3.8) is 0 Å². The normalized spacial score (nSPS) is 10.7. The zero-order valence-corrected chi connectivity index (χ0v) is 18.9. The molecule has 0 spiro atoms. The number of methoxy groups -OCH3 is 2. The Balaban J connectivity index is 0.00000364. The minimum Gasteiger partial charge on any atom is -0.493 e. The maximum Gasteiger partial charge on any atom is 0.193 e. The average molecular weight is 483 g/mol. The van der Waals surface area contributed by atoms with Gasteiger partial charge in [0.05, 0.1) is 14.2 Å². The van der Waals surface area contributed by atoms with E-state index in [9.17, 15) is 0 Å². The molecule has 2 rings (SSSR count). The number of aryl methyl sites for hydroxylation is 1. The molecule has 27 heavy (non-hydrogen) atoms. The van der Waals surface area contributed by atoms with Crippen molar-refractivity contribution < 1.29 is 9.47 Å². The molecule has 0 aliphatic heterocycles. The van der Waals surface area contributed by atoms with Crippen LogP contribution in [0.5, 0.6) is 11.5 Å². The number of halogens is 1. The van der Waals surface area contributed by atoms with Crippen molar-refractivity contribution >= 4 is 29.9 Å². The molecule has 1 N–H and O–H groups in total. The molecule has 0 atom stereocenters. The van der Waals surface area contributed by atoms with E-state index in [1.807, 2.05) is 25.2 Å². The zero-order valence-electron chi connectivity index (χ0n) is 16.6. The second-order valence-corrected chi connectivity index (χ2v) is 6.11. The van der Waals surface area contributed by atoms with Gasteiger partial charge < -0.3 is 19.7 Å². The Morgan fingerprint density at radius 3 is 2.33 bits per heavy atom. The first-order valence-corrected chi connectivity index (χ1v) is 8.84. The molecule has 0 saturated carbocycles. The molecule has 0 aromatic heterocycles. The van der Waals surface area contributed by atoms with Crippen LogP contribution in [0.1, 0.15) is 17.5 Å². The average Bonchev–Trinajstić information content (AvgIpc) is 2.68. The summed E-state index contributed by atoms with van der Waals surface area (Å²) in [5.74, 6) is 2.44. The van der Waals surface area contributed by atoms with Gasteiger partial charge in [0.15, 0.2) is 17.5 Å². The molecule has 5 nitrogen and oxygen atoms in total. The summed E-state index contributed by atoms with van der Waals surface area (Å²) in [6, 6.07) is 16.5. The second kappa shape index (κ2) is 12.4. The van der Waals surface area contributed by atoms with E-state index >= 15 is 0 Å². The number of nitrogens with zero attached hydrogens (tertiary/aromatic N) is 2. The fourth-order valence-electron chi connectivity index (χ4n) is 2.85. The number of aliphatic imine (C=N–C) groups is 1. The Hall–Kier alpha value is -1.96. The highest BCUT2D eigenvalue weighted by Gasteiger charge is 2.07. The summed E-state index contributed by atoms with van der Waals surface area (Å²) in [5, 5.41) is 3.43. The summed E-state index contributed by atoms with van der Waals surface area (Å²) in [5.41, 5.74) is 2.50. The van der Waals surface area contributed by atoms with Crippen molar-refractivity contribution in [1.29, 1.82) is 0 Å². The Kier molecular flexibility index (Phi) is 10.6. The Bertz CT molecular complexity index is 708. The minimum absolute atomic E-state index is 0. The van der Waals surface area contributed by atoms with Gasteiger partial charge in [-0.25, -0.2) is 0 Å². The smallest absolute Gasteiger partial charge is 0.193 e. The van der Waals surface area contributed by atoms with Gasteiger partial charge in [0.1, 0.15) is 0 Å². The predicted octanol–water partition coefficient (Wildman–Crippen LogP) is 3.96. The summed E-state index contributed by atoms with van der Waals surface area (Å²) < 4.78 is 10.6. The highest BCUT2D eigenvalue weighted by molar-refractivity contribution is 14.0. The quantitative estimate of drug-likeness (QED) is 0.267. The summed E-state index contributed by atoms with van der Waals surface area (Å²) in [6.07, 6.45) is 1.97. The van der Waals surface area contributed by atoms with Crippen LogP contribution >= 0.6 is 24.0 Å². The molecular formula is C21H30IN3O2. The maximum atomic E-state index is 5.36. The van der Waals surface area contributed by atoms with Gasteiger partial charge in [-0.05, 0) is 36.1 Å². The standard InChI is InChI=1S/C21H29N3O2.HI/c1-22-21(24(2)16-18-9-6-5-7-10-18)23-14-8-11-17-12-13-19(25-3)20(15-17)26-4;/h5-7,9-10,12-13,15H,8,11,14,16H2,1-4H3,(H,22,23);1H. The lowest BCUT2D eigenvalue weighted by molar-refractivity contribution is 0.354. The van der Waals surface area contributed by atoms with E-state index in [0.717, 1.165) is 43.4 Å². The molecule has 0 fully saturated rings. The van der Waals surface area contributed by atoms with E-state index in [-0.39, 0.29) is 24.0 Å². The molecule has 0 heterocycles. The SMILES string of the molecule is CN=C(NCCCc1ccc(OC)c(OC)c1)N(C)Cc1ccccc1.I. The Morgan fingerprint density at radius 1 is 1.00 bits per heavy atom. The largest absolute Gasteiger partial charge is 0.493 e. The third kappa shape index (κ3) is 7.28. The highest BCUT2D eigenvalue weighted by atomic mass is 127. The van der Waals surface area contributed by atoms with E-state index in [1.165, 1.54) is 11.1 Å². The zero-order chi connectivity index (χ0) is 18.8. The first-order valence-electron chi connectivity index (χ1n) is 8.84. The van der Waals surface area contributed by atoms with Crippen molar-refractivity contribution in [2.75, 3.05) is 34.9 Å². The van der Waals surface area contributed by atoms with Crippen molar-refractivity contribution in [1.82, 2.24) is 10.2 Å². The summed E-state index contributed by atoms with van der Waals surface area (Å²) in [6.45, 7) is 1.69. The third-order valence-electron chi connectivity index (χ3n) is 4.21. The van der Waals surface area contributed by atoms with E-state index in [4.69, 9.17) is 9.47 Å². The van der Waals surface area contributed by atoms with E-state index in [2.05, 4.69) is 52.6 Å². The maximum absolute atomic E-state index is 5.36. The molecule has 0 bridgehead atoms. The van der Waals surface area contributed by atoms with E-state index in [1.54, 1.807) is 14.2 Å². The van der Waals surface area contributed by atoms with E-state index < -0.39 is 0 Å². The van der Waals surface area contributed by atoms with Gasteiger partial charge in [-0.3, -0.25) is 4.99 Å². The van der Waals surface area contributed by atoms with Gasteiger partial charge in [0.2, 0.25) is 0 Å². The summed E-state index contributed by atoms with van der Waals surface area (Å²) in [7, 11) is 7.18. The van der Waals surface area contributed by atoms with Crippen molar-refractivity contribution in [2.45, 2.75) is 19.4 Å². The van der Waals surface area contributed by atoms with Crippen LogP contribution in [0.4, 0.5) is 0 Å². The van der Waals surface area contributed by atoms with Crippen LogP contribution in [0.2, 0.25) is 0 Å². The number of benzene rings is 2. The van der Waals surface area contributed by atoms with Gasteiger partial charge in [0, 0.05) is 27.2 Å². The molecule has 0 aliphatic rings. The van der Waals surface area contributed by atoms with Gasteiger partial charge in [0.25, 0.3) is 0 Å². The summed E-state index contributed by atoms with van der Waals surface area (Å²) >= 11 is 0. The van der Waals surface area contributed by atoms with Crippen molar-refractivity contribution in [2.24, 2.45) is 4.99 Å². The number of hydrogen-bond donors (Lipinski definition) is 1. The van der Waals surface area contributed by atoms with Crippen LogP contribution in [0, 0.1) is 0 Å². The number of guanidine groups is 1. The lowest BCUT2D eigenvalue weighted by Crippen LogP contribution is -2.38. The predicted molar refractivity (Wildman–Crippen MR) is 123 cm³/mol. The molecular weight excluding hydrogens is 453 g/mol. The summed E-state index contributed by atoms with van der Waals surface area (Å²) in [4.78, 5) is 6.50. The third-order valence-corrected chi connectivity index (χ3v) is 4.21. The highest BCUT2D eigenvalue weighted by Crippen LogP contribution is 2.27. The topological polar surface area (TPSA) is 46.1 Å². The number of nitrogens with one attached hydrogen (secondary N) is 1. The van der Waals surface area contributed by atoms with Crippen LogP contribution in [0.15, 0.2) is 53.5 Å². The number of hydrogen-bond acceptors (Lipinski definition) is 3. The molecule has 148 valence electrons. The fraction of sp³-hybridized carbons (Fsp3) is 0.381. The fourth-order valence-corrected chi connectivity index (χ4v) is 2.85. The molecule has 0 radical (unpaired) electrons. The van der Waals surface area contributed by atoms with Gasteiger partial charge >= 0.3 is 0 Å². The van der Waals surface area contributed by atoms with Crippen LogP contribution < -0.4 is 14.8 Å². The van der Waals surface area contributed by atoms with Crippen molar-refractivity contribution in [3.8, 4) is 11.5 Å².